The summed E-state index contributed by atoms with van der Waals surface area (Å²) in [6, 6.07) is 7.88. The van der Waals surface area contributed by atoms with Crippen molar-refractivity contribution in [3.63, 3.8) is 0 Å². The maximum atomic E-state index is 12.0. The van der Waals surface area contributed by atoms with Crippen molar-refractivity contribution in [3.8, 4) is 5.75 Å². The number of hydrogen-bond acceptors (Lipinski definition) is 3. The zero-order chi connectivity index (χ0) is 18.2. The monoisotopic (exact) mass is 462 g/mol. The fourth-order valence-corrected chi connectivity index (χ4v) is 2.24. The van der Waals surface area contributed by atoms with Gasteiger partial charge in [0.2, 0.25) is 5.91 Å². The molecule has 1 aromatic rings. The molecule has 0 bridgehead atoms. The summed E-state index contributed by atoms with van der Waals surface area (Å²) < 4.78 is 5.39. The number of methoxy groups -OCH3 is 1. The lowest BCUT2D eigenvalue weighted by Gasteiger charge is -2.23. The summed E-state index contributed by atoms with van der Waals surface area (Å²) in [7, 11) is 3.60. The second-order valence-electron chi connectivity index (χ2n) is 6.64. The van der Waals surface area contributed by atoms with Crippen molar-refractivity contribution in [2.45, 2.75) is 39.8 Å². The highest BCUT2D eigenvalue weighted by molar-refractivity contribution is 14.0. The van der Waals surface area contributed by atoms with Crippen LogP contribution in [0.1, 0.15) is 33.3 Å². The highest BCUT2D eigenvalue weighted by Crippen LogP contribution is 2.18. The van der Waals surface area contributed by atoms with E-state index in [1.54, 1.807) is 7.11 Å². The van der Waals surface area contributed by atoms with Crippen LogP contribution in [0.25, 0.3) is 0 Å². The lowest BCUT2D eigenvalue weighted by Crippen LogP contribution is -2.43. The first-order chi connectivity index (χ1) is 11.3. The van der Waals surface area contributed by atoms with Gasteiger partial charge in [-0.1, -0.05) is 18.2 Å². The van der Waals surface area contributed by atoms with Crippen LogP contribution < -0.4 is 15.4 Å². The van der Waals surface area contributed by atoms with E-state index >= 15 is 0 Å². The van der Waals surface area contributed by atoms with Crippen molar-refractivity contribution in [2.24, 2.45) is 4.99 Å². The first-order valence-corrected chi connectivity index (χ1v) is 8.19. The second-order valence-corrected chi connectivity index (χ2v) is 6.64. The Kier molecular flexibility index (Phi) is 10.5. The van der Waals surface area contributed by atoms with Gasteiger partial charge in [-0.2, -0.15) is 0 Å². The van der Waals surface area contributed by atoms with Crippen molar-refractivity contribution < 1.29 is 9.53 Å². The van der Waals surface area contributed by atoms with E-state index in [1.165, 1.54) is 0 Å². The number of amides is 1. The molecule has 0 fully saturated rings. The second kappa shape index (κ2) is 11.2. The van der Waals surface area contributed by atoms with Crippen LogP contribution in [0.4, 0.5) is 0 Å². The summed E-state index contributed by atoms with van der Waals surface area (Å²) >= 11 is 0. The van der Waals surface area contributed by atoms with E-state index in [0.29, 0.717) is 12.5 Å². The Morgan fingerprint density at radius 1 is 1.28 bits per heavy atom. The SMILES string of the molecule is CCNC(=NCC(=O)NC(C)(C)C)N(C)Cc1ccccc1OC.I. The van der Waals surface area contributed by atoms with Gasteiger partial charge in [0.15, 0.2) is 5.96 Å². The van der Waals surface area contributed by atoms with Gasteiger partial charge < -0.3 is 20.3 Å². The Hall–Kier alpha value is -1.51. The molecule has 0 spiro atoms. The normalized spacial score (nSPS) is 11.4. The molecule has 0 heterocycles. The maximum absolute atomic E-state index is 12.0. The van der Waals surface area contributed by atoms with Crippen LogP contribution in [0.3, 0.4) is 0 Å². The van der Waals surface area contributed by atoms with Crippen LogP contribution in [0.5, 0.6) is 5.75 Å². The van der Waals surface area contributed by atoms with Crippen LogP contribution in [0.15, 0.2) is 29.3 Å². The number of nitrogens with zero attached hydrogens (tertiary/aromatic N) is 2. The third-order valence-corrected chi connectivity index (χ3v) is 3.18. The number of carbonyl (C=O) groups is 1. The van der Waals surface area contributed by atoms with Crippen LogP contribution in [-0.4, -0.2) is 49.6 Å². The molecule has 0 radical (unpaired) electrons. The molecule has 0 aliphatic carbocycles. The van der Waals surface area contributed by atoms with Crippen molar-refractivity contribution in [2.75, 3.05) is 27.2 Å². The van der Waals surface area contributed by atoms with Gasteiger partial charge in [-0.25, -0.2) is 4.99 Å². The molecular formula is C18H31IN4O2. The zero-order valence-corrected chi connectivity index (χ0v) is 18.4. The van der Waals surface area contributed by atoms with Crippen molar-refractivity contribution in [1.29, 1.82) is 0 Å². The molecule has 0 aliphatic heterocycles. The summed E-state index contributed by atoms with van der Waals surface area (Å²) in [4.78, 5) is 18.4. The third-order valence-electron chi connectivity index (χ3n) is 3.18. The predicted molar refractivity (Wildman–Crippen MR) is 114 cm³/mol. The molecule has 0 saturated carbocycles. The molecule has 1 aromatic carbocycles. The zero-order valence-electron chi connectivity index (χ0n) is 16.0. The molecule has 142 valence electrons. The fourth-order valence-electron chi connectivity index (χ4n) is 2.24. The molecule has 6 nitrogen and oxygen atoms in total. The molecule has 2 N–H and O–H groups in total. The van der Waals surface area contributed by atoms with Crippen molar-refractivity contribution in [1.82, 2.24) is 15.5 Å². The summed E-state index contributed by atoms with van der Waals surface area (Å²) in [5.41, 5.74) is 0.807. The van der Waals surface area contributed by atoms with Gasteiger partial charge in [-0.3, -0.25) is 4.79 Å². The number of benzene rings is 1. The molecule has 1 amide bonds. The predicted octanol–water partition coefficient (Wildman–Crippen LogP) is 2.63. The molecule has 7 heteroatoms. The Labute approximate surface area is 168 Å². The number of carbonyl (C=O) groups excluding carboxylic acids is 1. The number of rotatable bonds is 6. The lowest BCUT2D eigenvalue weighted by atomic mass is 10.1. The molecule has 0 unspecified atom stereocenters. The number of guanidine groups is 1. The maximum Gasteiger partial charge on any atom is 0.242 e. The minimum absolute atomic E-state index is 0. The topological polar surface area (TPSA) is 66.0 Å². The minimum Gasteiger partial charge on any atom is -0.496 e. The number of para-hydroxylation sites is 1. The largest absolute Gasteiger partial charge is 0.496 e. The van der Waals surface area contributed by atoms with E-state index in [0.717, 1.165) is 17.9 Å². The molecular weight excluding hydrogens is 431 g/mol. The van der Waals surface area contributed by atoms with Gasteiger partial charge in [0.25, 0.3) is 0 Å². The summed E-state index contributed by atoms with van der Waals surface area (Å²) in [6.07, 6.45) is 0. The van der Waals surface area contributed by atoms with E-state index in [1.807, 2.05) is 63.9 Å². The van der Waals surface area contributed by atoms with Gasteiger partial charge in [-0.05, 0) is 33.8 Å². The summed E-state index contributed by atoms with van der Waals surface area (Å²) in [5.74, 6) is 1.43. The first-order valence-electron chi connectivity index (χ1n) is 8.19. The number of aliphatic imine (C=N–C) groups is 1. The number of hydrogen-bond donors (Lipinski definition) is 2. The van der Waals surface area contributed by atoms with E-state index in [2.05, 4.69) is 15.6 Å². The molecule has 0 atom stereocenters. The molecule has 1 rings (SSSR count). The highest BCUT2D eigenvalue weighted by atomic mass is 127. The Morgan fingerprint density at radius 2 is 1.92 bits per heavy atom. The quantitative estimate of drug-likeness (QED) is 0.388. The van der Waals surface area contributed by atoms with Crippen molar-refractivity contribution >= 4 is 35.8 Å². The van der Waals surface area contributed by atoms with Gasteiger partial charge in [-0.15, -0.1) is 24.0 Å². The average molecular weight is 462 g/mol. The van der Waals surface area contributed by atoms with Gasteiger partial charge in [0.1, 0.15) is 12.3 Å². The summed E-state index contributed by atoms with van der Waals surface area (Å²) in [5, 5.41) is 6.12. The molecule has 25 heavy (non-hydrogen) atoms. The van der Waals surface area contributed by atoms with Gasteiger partial charge in [0.05, 0.1) is 7.11 Å². The van der Waals surface area contributed by atoms with Crippen LogP contribution in [0.2, 0.25) is 0 Å². The lowest BCUT2D eigenvalue weighted by molar-refractivity contribution is -0.121. The Balaban J connectivity index is 0.00000576. The van der Waals surface area contributed by atoms with E-state index in [9.17, 15) is 4.79 Å². The average Bonchev–Trinajstić information content (AvgIpc) is 2.50. The Morgan fingerprint density at radius 3 is 2.48 bits per heavy atom. The number of ether oxygens (including phenoxy) is 1. The fraction of sp³-hybridized carbons (Fsp3) is 0.556. The summed E-state index contributed by atoms with van der Waals surface area (Å²) in [6.45, 7) is 9.32. The van der Waals surface area contributed by atoms with E-state index in [-0.39, 0.29) is 42.0 Å². The highest BCUT2D eigenvalue weighted by Gasteiger charge is 2.14. The van der Waals surface area contributed by atoms with Crippen LogP contribution in [-0.2, 0) is 11.3 Å². The van der Waals surface area contributed by atoms with E-state index in [4.69, 9.17) is 4.74 Å². The standard InChI is InChI=1S/C18H30N4O2.HI/c1-7-19-17(20-12-16(23)21-18(2,3)4)22(5)13-14-10-8-9-11-15(14)24-6;/h8-11H,7,12-13H2,1-6H3,(H,19,20)(H,21,23);1H. The van der Waals surface area contributed by atoms with Crippen LogP contribution >= 0.6 is 24.0 Å². The van der Waals surface area contributed by atoms with Gasteiger partial charge in [0, 0.05) is 31.2 Å². The minimum atomic E-state index is -0.256. The van der Waals surface area contributed by atoms with Crippen molar-refractivity contribution in [3.05, 3.63) is 29.8 Å². The first kappa shape index (κ1) is 23.5. The number of nitrogens with one attached hydrogen (secondary N) is 2. The third kappa shape index (κ3) is 8.94. The smallest absolute Gasteiger partial charge is 0.242 e. The van der Waals surface area contributed by atoms with E-state index < -0.39 is 0 Å². The van der Waals surface area contributed by atoms with Gasteiger partial charge >= 0.3 is 0 Å². The number of halogens is 1. The van der Waals surface area contributed by atoms with Crippen LogP contribution in [0, 0.1) is 0 Å². The Bertz CT molecular complexity index is 570. The molecule has 0 aromatic heterocycles. The molecule has 0 saturated heterocycles. The molecule has 0 aliphatic rings.